The highest BCUT2D eigenvalue weighted by Crippen LogP contribution is 2.22. The predicted molar refractivity (Wildman–Crippen MR) is 118 cm³/mol. The number of nitrogens with zero attached hydrogens (tertiary/aromatic N) is 2. The summed E-state index contributed by atoms with van der Waals surface area (Å²) in [7, 11) is 1.74. The highest BCUT2D eigenvalue weighted by atomic mass is 79.9. The smallest absolute Gasteiger partial charge is 0.318 e. The molecule has 0 radical (unpaired) electrons. The molecule has 3 rings (SSSR count). The van der Waals surface area contributed by atoms with Crippen molar-refractivity contribution >= 4 is 27.9 Å². The van der Waals surface area contributed by atoms with Gasteiger partial charge in [0, 0.05) is 31.2 Å². The lowest BCUT2D eigenvalue weighted by molar-refractivity contribution is -0.134. The van der Waals surface area contributed by atoms with Crippen LogP contribution in [0.15, 0.2) is 59.1 Å². The predicted octanol–water partition coefficient (Wildman–Crippen LogP) is 4.59. The third-order valence-corrected chi connectivity index (χ3v) is 6.23. The monoisotopic (exact) mass is 457 g/mol. The number of halogens is 1. The zero-order valence-corrected chi connectivity index (χ0v) is 18.6. The van der Waals surface area contributed by atoms with Crippen molar-refractivity contribution in [2.24, 2.45) is 5.92 Å². The Balaban J connectivity index is 1.73. The molecule has 154 valence electrons. The van der Waals surface area contributed by atoms with Crippen LogP contribution < -0.4 is 5.32 Å². The van der Waals surface area contributed by atoms with Gasteiger partial charge in [-0.1, -0.05) is 71.4 Å². The minimum Gasteiger partial charge on any atom is -0.341 e. The van der Waals surface area contributed by atoms with Crippen LogP contribution in [-0.4, -0.2) is 41.9 Å². The molecule has 0 unspecified atom stereocenters. The highest BCUT2D eigenvalue weighted by Gasteiger charge is 2.30. The molecule has 6 heteroatoms. The molecule has 0 bridgehead atoms. The second-order valence-corrected chi connectivity index (χ2v) is 8.60. The van der Waals surface area contributed by atoms with Gasteiger partial charge in [-0.25, -0.2) is 4.79 Å². The van der Waals surface area contributed by atoms with Gasteiger partial charge in [0.2, 0.25) is 5.91 Å². The van der Waals surface area contributed by atoms with Crippen LogP contribution in [0.3, 0.4) is 0 Å². The number of nitrogens with one attached hydrogen (secondary N) is 1. The minimum atomic E-state index is -0.682. The van der Waals surface area contributed by atoms with E-state index in [9.17, 15) is 9.59 Å². The standard InChI is InChI=1S/C23H28BrN3O2/c1-17-12-14-27(15-13-17)22(28)21(18-8-4-3-5-9-18)25-23(29)26(2)16-19-10-6-7-11-20(19)24/h3-11,17,21H,12-16H2,1-2H3,(H,25,29)/t21-/m0/s1. The van der Waals surface area contributed by atoms with E-state index in [1.54, 1.807) is 11.9 Å². The fraction of sp³-hybridized carbons (Fsp3) is 0.391. The molecule has 0 spiro atoms. The van der Waals surface area contributed by atoms with E-state index >= 15 is 0 Å². The molecule has 2 aromatic rings. The quantitative estimate of drug-likeness (QED) is 0.713. The fourth-order valence-corrected chi connectivity index (χ4v) is 3.94. The third-order valence-electron chi connectivity index (χ3n) is 5.46. The molecule has 1 saturated heterocycles. The number of likely N-dealkylation sites (tertiary alicyclic amines) is 1. The van der Waals surface area contributed by atoms with E-state index in [2.05, 4.69) is 28.2 Å². The largest absolute Gasteiger partial charge is 0.341 e. The van der Waals surface area contributed by atoms with E-state index in [0.29, 0.717) is 12.5 Å². The zero-order valence-electron chi connectivity index (χ0n) is 17.0. The maximum atomic E-state index is 13.3. The summed E-state index contributed by atoms with van der Waals surface area (Å²) in [6.45, 7) is 4.15. The second kappa shape index (κ2) is 9.92. The Labute approximate surface area is 181 Å². The summed E-state index contributed by atoms with van der Waals surface area (Å²) in [5, 5.41) is 2.96. The minimum absolute atomic E-state index is 0.0364. The number of hydrogen-bond acceptors (Lipinski definition) is 2. The van der Waals surface area contributed by atoms with Crippen LogP contribution in [-0.2, 0) is 11.3 Å². The summed E-state index contributed by atoms with van der Waals surface area (Å²) in [4.78, 5) is 29.7. The van der Waals surface area contributed by atoms with E-state index in [0.717, 1.165) is 41.5 Å². The number of rotatable bonds is 5. The number of hydrogen-bond donors (Lipinski definition) is 1. The number of carbonyl (C=O) groups is 2. The van der Waals surface area contributed by atoms with Gasteiger partial charge in [0.1, 0.15) is 6.04 Å². The third kappa shape index (κ3) is 5.60. The van der Waals surface area contributed by atoms with Gasteiger partial charge in [-0.2, -0.15) is 0 Å². The molecule has 2 aromatic carbocycles. The van der Waals surface area contributed by atoms with Gasteiger partial charge in [-0.3, -0.25) is 4.79 Å². The molecule has 29 heavy (non-hydrogen) atoms. The molecular weight excluding hydrogens is 430 g/mol. The SMILES string of the molecule is CC1CCN(C(=O)[C@@H](NC(=O)N(C)Cc2ccccc2Br)c2ccccc2)CC1. The molecule has 1 aliphatic rings. The molecule has 3 amide bonds. The van der Waals surface area contributed by atoms with Gasteiger partial charge in [0.25, 0.3) is 0 Å². The van der Waals surface area contributed by atoms with Gasteiger partial charge in [-0.15, -0.1) is 0 Å². The lowest BCUT2D eigenvalue weighted by atomic mass is 9.97. The summed E-state index contributed by atoms with van der Waals surface area (Å²) < 4.78 is 0.956. The van der Waals surface area contributed by atoms with E-state index in [1.807, 2.05) is 59.5 Å². The van der Waals surface area contributed by atoms with E-state index in [4.69, 9.17) is 0 Å². The van der Waals surface area contributed by atoms with Gasteiger partial charge >= 0.3 is 6.03 Å². The van der Waals surface area contributed by atoms with Gasteiger partial charge in [0.05, 0.1) is 0 Å². The molecule has 1 aliphatic heterocycles. The first kappa shape index (κ1) is 21.4. The topological polar surface area (TPSA) is 52.7 Å². The van der Waals surface area contributed by atoms with Crippen LogP contribution in [0.1, 0.15) is 36.9 Å². The molecule has 0 aliphatic carbocycles. The van der Waals surface area contributed by atoms with Crippen molar-refractivity contribution in [1.29, 1.82) is 0 Å². The Hall–Kier alpha value is -2.34. The molecule has 1 atom stereocenters. The maximum Gasteiger partial charge on any atom is 0.318 e. The van der Waals surface area contributed by atoms with Crippen molar-refractivity contribution in [3.05, 3.63) is 70.2 Å². The molecule has 1 N–H and O–H groups in total. The number of carbonyl (C=O) groups excluding carboxylic acids is 2. The number of benzene rings is 2. The van der Waals surface area contributed by atoms with Crippen LogP contribution in [0.4, 0.5) is 4.79 Å². The summed E-state index contributed by atoms with van der Waals surface area (Å²) in [6.07, 6.45) is 2.01. The van der Waals surface area contributed by atoms with E-state index in [1.165, 1.54) is 0 Å². The van der Waals surface area contributed by atoms with Gasteiger partial charge < -0.3 is 15.1 Å². The van der Waals surface area contributed by atoms with Crippen molar-refractivity contribution in [2.45, 2.75) is 32.4 Å². The van der Waals surface area contributed by atoms with Crippen molar-refractivity contribution in [3.63, 3.8) is 0 Å². The average molecular weight is 458 g/mol. The summed E-state index contributed by atoms with van der Waals surface area (Å²) >= 11 is 3.52. The summed E-state index contributed by atoms with van der Waals surface area (Å²) in [5.74, 6) is 0.602. The number of piperidine rings is 1. The second-order valence-electron chi connectivity index (χ2n) is 7.75. The molecule has 0 saturated carbocycles. The average Bonchev–Trinajstić information content (AvgIpc) is 2.74. The summed E-state index contributed by atoms with van der Waals surface area (Å²) in [5.41, 5.74) is 1.82. The molecule has 0 aromatic heterocycles. The van der Waals surface area contributed by atoms with E-state index < -0.39 is 6.04 Å². The van der Waals surface area contributed by atoms with Crippen LogP contribution in [0, 0.1) is 5.92 Å². The Kier molecular flexibility index (Phi) is 7.31. The Morgan fingerprint density at radius 3 is 2.38 bits per heavy atom. The van der Waals surface area contributed by atoms with Crippen molar-refractivity contribution in [1.82, 2.24) is 15.1 Å². The number of urea groups is 1. The van der Waals surface area contributed by atoms with Crippen LogP contribution in [0.2, 0.25) is 0 Å². The van der Waals surface area contributed by atoms with Gasteiger partial charge in [0.15, 0.2) is 0 Å². The molecule has 1 heterocycles. The Morgan fingerprint density at radius 2 is 1.72 bits per heavy atom. The molecule has 1 fully saturated rings. The van der Waals surface area contributed by atoms with Crippen molar-refractivity contribution in [2.75, 3.05) is 20.1 Å². The maximum absolute atomic E-state index is 13.3. The van der Waals surface area contributed by atoms with Gasteiger partial charge in [-0.05, 0) is 36.0 Å². The fourth-order valence-electron chi connectivity index (χ4n) is 3.53. The molecule has 5 nitrogen and oxygen atoms in total. The summed E-state index contributed by atoms with van der Waals surface area (Å²) in [6, 6.07) is 16.3. The van der Waals surface area contributed by atoms with Crippen molar-refractivity contribution < 1.29 is 9.59 Å². The Bertz CT molecular complexity index is 835. The normalized spacial score (nSPS) is 15.6. The van der Waals surface area contributed by atoms with Crippen molar-refractivity contribution in [3.8, 4) is 0 Å². The first-order valence-corrected chi connectivity index (χ1v) is 10.8. The van der Waals surface area contributed by atoms with Crippen LogP contribution in [0.25, 0.3) is 0 Å². The lowest BCUT2D eigenvalue weighted by Crippen LogP contribution is -2.48. The first-order chi connectivity index (χ1) is 14.0. The van der Waals surface area contributed by atoms with Crippen LogP contribution in [0.5, 0.6) is 0 Å². The molecular formula is C23H28BrN3O2. The van der Waals surface area contributed by atoms with E-state index in [-0.39, 0.29) is 11.9 Å². The zero-order chi connectivity index (χ0) is 20.8. The highest BCUT2D eigenvalue weighted by molar-refractivity contribution is 9.10. The number of amides is 3. The first-order valence-electron chi connectivity index (χ1n) is 10.0. The van der Waals surface area contributed by atoms with Crippen LogP contribution >= 0.6 is 15.9 Å². The lowest BCUT2D eigenvalue weighted by Gasteiger charge is -2.34. The Morgan fingerprint density at radius 1 is 1.10 bits per heavy atom.